The van der Waals surface area contributed by atoms with E-state index < -0.39 is 0 Å². The first-order valence-electron chi connectivity index (χ1n) is 8.43. The molecule has 25 heavy (non-hydrogen) atoms. The highest BCUT2D eigenvalue weighted by Gasteiger charge is 2.14. The second-order valence-corrected chi connectivity index (χ2v) is 6.12. The van der Waals surface area contributed by atoms with E-state index in [4.69, 9.17) is 4.98 Å². The van der Waals surface area contributed by atoms with Gasteiger partial charge in [0.2, 0.25) is 0 Å². The molecule has 0 fully saturated rings. The molecule has 0 saturated carbocycles. The van der Waals surface area contributed by atoms with Crippen molar-refractivity contribution in [2.45, 2.75) is 0 Å². The summed E-state index contributed by atoms with van der Waals surface area (Å²) in [7, 11) is 0. The first-order valence-corrected chi connectivity index (χ1v) is 8.43. The minimum absolute atomic E-state index is 0.994. The van der Waals surface area contributed by atoms with Crippen molar-refractivity contribution in [3.05, 3.63) is 97.1 Å². The molecule has 3 aromatic carbocycles. The van der Waals surface area contributed by atoms with Crippen LogP contribution in [0.5, 0.6) is 0 Å². The van der Waals surface area contributed by atoms with Gasteiger partial charge < -0.3 is 0 Å². The number of nitrogens with zero attached hydrogens (tertiary/aromatic N) is 2. The summed E-state index contributed by atoms with van der Waals surface area (Å²) in [5.41, 5.74) is 7.82. The summed E-state index contributed by atoms with van der Waals surface area (Å²) in [5.74, 6) is 0. The molecule has 0 aliphatic rings. The Labute approximate surface area is 146 Å². The average molecular weight is 320 g/mol. The van der Waals surface area contributed by atoms with Crippen molar-refractivity contribution in [2.75, 3.05) is 0 Å². The summed E-state index contributed by atoms with van der Waals surface area (Å²) >= 11 is 0. The number of hydrogen-bond acceptors (Lipinski definition) is 1. The topological polar surface area (TPSA) is 17.3 Å². The molecule has 0 spiro atoms. The molecule has 118 valence electrons. The molecule has 0 aliphatic carbocycles. The number of imidazole rings is 1. The van der Waals surface area contributed by atoms with Crippen LogP contribution in [0, 0.1) is 0 Å². The van der Waals surface area contributed by atoms with Gasteiger partial charge in [-0.3, -0.25) is 4.40 Å². The first kappa shape index (κ1) is 14.0. The summed E-state index contributed by atoms with van der Waals surface area (Å²) in [5, 5.41) is 0. The van der Waals surface area contributed by atoms with Gasteiger partial charge in [-0.2, -0.15) is 0 Å². The van der Waals surface area contributed by atoms with Crippen LogP contribution in [0.25, 0.3) is 39.1 Å². The maximum Gasteiger partial charge on any atom is 0.146 e. The Kier molecular flexibility index (Phi) is 3.14. The summed E-state index contributed by atoms with van der Waals surface area (Å²) in [6, 6.07) is 33.6. The Morgan fingerprint density at radius 3 is 1.96 bits per heavy atom. The van der Waals surface area contributed by atoms with Crippen LogP contribution in [0.4, 0.5) is 0 Å². The molecule has 0 saturated heterocycles. The fourth-order valence-electron chi connectivity index (χ4n) is 3.44. The number of fused-ring (bicyclic) bond motifs is 3. The van der Waals surface area contributed by atoms with E-state index in [0.29, 0.717) is 0 Å². The number of pyridine rings is 1. The largest absolute Gasteiger partial charge is 0.292 e. The molecule has 0 atom stereocenters. The Balaban J connectivity index is 1.92. The Morgan fingerprint density at radius 1 is 0.560 bits per heavy atom. The van der Waals surface area contributed by atoms with E-state index in [-0.39, 0.29) is 0 Å². The van der Waals surface area contributed by atoms with Crippen LogP contribution in [-0.2, 0) is 0 Å². The monoisotopic (exact) mass is 320 g/mol. The fourth-order valence-corrected chi connectivity index (χ4v) is 3.44. The van der Waals surface area contributed by atoms with E-state index in [2.05, 4.69) is 83.3 Å². The number of para-hydroxylation sites is 2. The van der Waals surface area contributed by atoms with Gasteiger partial charge in [0, 0.05) is 5.56 Å². The molecular formula is C23H16N2. The number of rotatable bonds is 2. The summed E-state index contributed by atoms with van der Waals surface area (Å²) in [4.78, 5) is 4.94. The molecule has 2 aromatic heterocycles. The number of aromatic nitrogens is 2. The van der Waals surface area contributed by atoms with Gasteiger partial charge in [-0.05, 0) is 35.4 Å². The van der Waals surface area contributed by atoms with Gasteiger partial charge in [-0.25, -0.2) is 4.98 Å². The highest BCUT2D eigenvalue weighted by atomic mass is 15.0. The third-order valence-corrected chi connectivity index (χ3v) is 4.60. The maximum atomic E-state index is 4.94. The zero-order valence-corrected chi connectivity index (χ0v) is 13.6. The molecule has 0 N–H and O–H groups in total. The number of benzene rings is 3. The van der Waals surface area contributed by atoms with Crippen LogP contribution in [-0.4, -0.2) is 9.38 Å². The van der Waals surface area contributed by atoms with E-state index >= 15 is 0 Å². The average Bonchev–Trinajstić information content (AvgIpc) is 3.08. The zero-order chi connectivity index (χ0) is 16.6. The van der Waals surface area contributed by atoms with E-state index in [0.717, 1.165) is 27.9 Å². The van der Waals surface area contributed by atoms with Crippen LogP contribution < -0.4 is 0 Å². The molecule has 2 heterocycles. The second-order valence-electron chi connectivity index (χ2n) is 6.12. The lowest BCUT2D eigenvalue weighted by molar-refractivity contribution is 1.23. The molecule has 5 aromatic rings. The van der Waals surface area contributed by atoms with Gasteiger partial charge in [-0.1, -0.05) is 72.8 Å². The Morgan fingerprint density at radius 2 is 1.20 bits per heavy atom. The zero-order valence-electron chi connectivity index (χ0n) is 13.6. The Hall–Kier alpha value is -3.39. The van der Waals surface area contributed by atoms with E-state index in [1.165, 1.54) is 11.1 Å². The third kappa shape index (κ3) is 2.23. The van der Waals surface area contributed by atoms with Gasteiger partial charge in [-0.15, -0.1) is 0 Å². The van der Waals surface area contributed by atoms with Crippen molar-refractivity contribution < 1.29 is 0 Å². The Bertz CT molecular complexity index is 1170. The van der Waals surface area contributed by atoms with Crippen molar-refractivity contribution in [1.82, 2.24) is 9.38 Å². The normalized spacial score (nSPS) is 11.2. The molecule has 0 aliphatic heterocycles. The van der Waals surface area contributed by atoms with Gasteiger partial charge in [0.1, 0.15) is 5.65 Å². The van der Waals surface area contributed by atoms with Crippen molar-refractivity contribution in [2.24, 2.45) is 0 Å². The minimum atomic E-state index is 0.994. The van der Waals surface area contributed by atoms with Crippen LogP contribution in [0.15, 0.2) is 97.1 Å². The van der Waals surface area contributed by atoms with Crippen molar-refractivity contribution >= 4 is 16.7 Å². The predicted molar refractivity (Wildman–Crippen MR) is 104 cm³/mol. The van der Waals surface area contributed by atoms with Gasteiger partial charge >= 0.3 is 0 Å². The number of hydrogen-bond donors (Lipinski definition) is 0. The van der Waals surface area contributed by atoms with Crippen LogP contribution in [0.3, 0.4) is 0 Å². The highest BCUT2D eigenvalue weighted by Crippen LogP contribution is 2.32. The molecular weight excluding hydrogens is 304 g/mol. The van der Waals surface area contributed by atoms with Crippen LogP contribution >= 0.6 is 0 Å². The molecule has 2 heteroatoms. The standard InChI is InChI=1S/C23H16N2/c1-3-9-17(10-4-1)19-15-16-21(18-11-5-2-6-12-18)25-22-14-8-7-13-20(22)24-23(19)25/h1-16H. The van der Waals surface area contributed by atoms with E-state index in [1.807, 2.05) is 18.2 Å². The summed E-state index contributed by atoms with van der Waals surface area (Å²) < 4.78 is 2.27. The minimum Gasteiger partial charge on any atom is -0.292 e. The lowest BCUT2D eigenvalue weighted by atomic mass is 10.0. The van der Waals surface area contributed by atoms with E-state index in [9.17, 15) is 0 Å². The summed E-state index contributed by atoms with van der Waals surface area (Å²) in [6.45, 7) is 0. The smallest absolute Gasteiger partial charge is 0.146 e. The van der Waals surface area contributed by atoms with Gasteiger partial charge in [0.15, 0.2) is 0 Å². The molecule has 0 radical (unpaired) electrons. The van der Waals surface area contributed by atoms with Gasteiger partial charge in [0.05, 0.1) is 16.7 Å². The first-order chi connectivity index (χ1) is 12.4. The SMILES string of the molecule is c1ccc(-c2ccc(-c3ccccc3)n3c2nc2ccccc23)cc1. The van der Waals surface area contributed by atoms with Crippen molar-refractivity contribution in [3.63, 3.8) is 0 Å². The van der Waals surface area contributed by atoms with E-state index in [1.54, 1.807) is 0 Å². The third-order valence-electron chi connectivity index (χ3n) is 4.60. The highest BCUT2D eigenvalue weighted by molar-refractivity contribution is 5.90. The summed E-state index contributed by atoms with van der Waals surface area (Å²) in [6.07, 6.45) is 0. The van der Waals surface area contributed by atoms with Crippen LogP contribution in [0.1, 0.15) is 0 Å². The molecule has 0 unspecified atom stereocenters. The van der Waals surface area contributed by atoms with Crippen LogP contribution in [0.2, 0.25) is 0 Å². The molecule has 5 rings (SSSR count). The second kappa shape index (κ2) is 5.60. The molecule has 2 nitrogen and oxygen atoms in total. The fraction of sp³-hybridized carbons (Fsp3) is 0. The van der Waals surface area contributed by atoms with Gasteiger partial charge in [0.25, 0.3) is 0 Å². The van der Waals surface area contributed by atoms with Crippen molar-refractivity contribution in [3.8, 4) is 22.4 Å². The lowest BCUT2D eigenvalue weighted by Crippen LogP contribution is -1.94. The molecule has 0 bridgehead atoms. The van der Waals surface area contributed by atoms with Crippen molar-refractivity contribution in [1.29, 1.82) is 0 Å². The quantitative estimate of drug-likeness (QED) is 0.400. The maximum absolute atomic E-state index is 4.94. The predicted octanol–water partition coefficient (Wildman–Crippen LogP) is 5.82. The lowest BCUT2D eigenvalue weighted by Gasteiger charge is -2.11. The molecule has 0 amide bonds.